The molecule has 0 spiro atoms. The van der Waals surface area contributed by atoms with Crippen LogP contribution < -0.4 is 15.5 Å². The van der Waals surface area contributed by atoms with Crippen LogP contribution in [0.15, 0.2) is 69.7 Å². The summed E-state index contributed by atoms with van der Waals surface area (Å²) in [5.74, 6) is -0.186. The lowest BCUT2D eigenvalue weighted by Crippen LogP contribution is -2.49. The number of anilines is 1. The second kappa shape index (κ2) is 10.2. The van der Waals surface area contributed by atoms with Crippen LogP contribution in [0.1, 0.15) is 53.8 Å². The number of amides is 3. The quantitative estimate of drug-likeness (QED) is 0.545. The minimum atomic E-state index is -1.02. The number of furan rings is 2. The highest BCUT2D eigenvalue weighted by Gasteiger charge is 2.36. The Balaban J connectivity index is 1.63. The molecule has 2 N–H and O–H groups in total. The first-order valence-corrected chi connectivity index (χ1v) is 11.1. The summed E-state index contributed by atoms with van der Waals surface area (Å²) >= 11 is 0. The average molecular weight is 450 g/mol. The second-order valence-electron chi connectivity index (χ2n) is 8.10. The largest absolute Gasteiger partial charge is 0.464 e. The summed E-state index contributed by atoms with van der Waals surface area (Å²) in [4.78, 5) is 40.6. The predicted octanol–water partition coefficient (Wildman–Crippen LogP) is 3.74. The number of hydrogen-bond donors (Lipinski definition) is 2. The monoisotopic (exact) mass is 449 g/mol. The molecule has 0 bridgehead atoms. The van der Waals surface area contributed by atoms with Crippen molar-refractivity contribution in [2.24, 2.45) is 0 Å². The van der Waals surface area contributed by atoms with E-state index in [-0.39, 0.29) is 24.3 Å². The number of rotatable bonds is 8. The summed E-state index contributed by atoms with van der Waals surface area (Å²) in [6.45, 7) is 1.47. The number of nitrogens with zero attached hydrogens (tertiary/aromatic N) is 1. The topological polar surface area (TPSA) is 105 Å². The smallest absolute Gasteiger partial charge is 0.287 e. The van der Waals surface area contributed by atoms with E-state index >= 15 is 0 Å². The molecular formula is C25H27N3O5. The zero-order valence-corrected chi connectivity index (χ0v) is 18.5. The molecule has 33 heavy (non-hydrogen) atoms. The van der Waals surface area contributed by atoms with Gasteiger partial charge in [-0.15, -0.1) is 0 Å². The van der Waals surface area contributed by atoms with Crippen molar-refractivity contribution in [1.29, 1.82) is 0 Å². The molecule has 1 aliphatic carbocycles. The standard InChI is InChI=1S/C25H27N3O5/c1-17-13-14-20(33-17)23(25(31)27-18-8-5-6-9-18)28(19-10-3-2-4-11-19)22(29)16-26-24(30)21-12-7-15-32-21/h2-4,7,10-15,18,23H,5-6,8-9,16H2,1H3,(H,26,30)(H,27,31)/t23-/m0/s1. The van der Waals surface area contributed by atoms with Crippen molar-refractivity contribution >= 4 is 23.4 Å². The van der Waals surface area contributed by atoms with Crippen LogP contribution in [-0.2, 0) is 9.59 Å². The van der Waals surface area contributed by atoms with Crippen LogP contribution >= 0.6 is 0 Å². The van der Waals surface area contributed by atoms with E-state index in [1.807, 2.05) is 6.07 Å². The van der Waals surface area contributed by atoms with Crippen molar-refractivity contribution in [3.63, 3.8) is 0 Å². The molecular weight excluding hydrogens is 422 g/mol. The Morgan fingerprint density at radius 2 is 1.79 bits per heavy atom. The molecule has 172 valence electrons. The van der Waals surface area contributed by atoms with E-state index in [2.05, 4.69) is 10.6 Å². The van der Waals surface area contributed by atoms with E-state index in [4.69, 9.17) is 8.83 Å². The maximum Gasteiger partial charge on any atom is 0.287 e. The number of hydrogen-bond acceptors (Lipinski definition) is 5. The molecule has 2 heterocycles. The molecule has 0 radical (unpaired) electrons. The van der Waals surface area contributed by atoms with E-state index in [0.29, 0.717) is 17.2 Å². The third-order valence-electron chi connectivity index (χ3n) is 5.69. The molecule has 1 saturated carbocycles. The summed E-state index contributed by atoms with van der Waals surface area (Å²) < 4.78 is 10.9. The molecule has 2 aromatic heterocycles. The first kappa shape index (κ1) is 22.4. The fourth-order valence-electron chi connectivity index (χ4n) is 4.09. The van der Waals surface area contributed by atoms with Gasteiger partial charge in [0, 0.05) is 11.7 Å². The van der Waals surface area contributed by atoms with Crippen molar-refractivity contribution in [1.82, 2.24) is 10.6 Å². The van der Waals surface area contributed by atoms with Gasteiger partial charge in [0.2, 0.25) is 5.91 Å². The second-order valence-corrected chi connectivity index (χ2v) is 8.10. The van der Waals surface area contributed by atoms with E-state index in [9.17, 15) is 14.4 Å². The van der Waals surface area contributed by atoms with Crippen molar-refractivity contribution in [3.05, 3.63) is 78.1 Å². The summed E-state index contributed by atoms with van der Waals surface area (Å²) in [5, 5.41) is 5.66. The van der Waals surface area contributed by atoms with Crippen molar-refractivity contribution in [2.75, 3.05) is 11.4 Å². The molecule has 1 fully saturated rings. The molecule has 8 nitrogen and oxygen atoms in total. The van der Waals surface area contributed by atoms with Gasteiger partial charge in [-0.3, -0.25) is 19.3 Å². The minimum Gasteiger partial charge on any atom is -0.464 e. The highest BCUT2D eigenvalue weighted by Crippen LogP contribution is 2.30. The van der Waals surface area contributed by atoms with Crippen LogP contribution in [0.25, 0.3) is 0 Å². The third-order valence-corrected chi connectivity index (χ3v) is 5.69. The van der Waals surface area contributed by atoms with Gasteiger partial charge < -0.3 is 19.5 Å². The van der Waals surface area contributed by atoms with Gasteiger partial charge in [0.25, 0.3) is 11.8 Å². The number of aryl methyl sites for hydroxylation is 1. The van der Waals surface area contributed by atoms with Crippen LogP contribution in [0, 0.1) is 6.92 Å². The van der Waals surface area contributed by atoms with E-state index < -0.39 is 17.9 Å². The van der Waals surface area contributed by atoms with Crippen molar-refractivity contribution in [3.8, 4) is 0 Å². The van der Waals surface area contributed by atoms with Crippen LogP contribution in [0.4, 0.5) is 5.69 Å². The molecule has 0 aliphatic heterocycles. The number of para-hydroxylation sites is 1. The van der Waals surface area contributed by atoms with Crippen LogP contribution in [0.2, 0.25) is 0 Å². The average Bonchev–Trinajstić information content (AvgIpc) is 3.59. The summed E-state index contributed by atoms with van der Waals surface area (Å²) in [7, 11) is 0. The summed E-state index contributed by atoms with van der Waals surface area (Å²) in [6, 6.07) is 14.5. The highest BCUT2D eigenvalue weighted by molar-refractivity contribution is 6.04. The molecule has 0 saturated heterocycles. The maximum atomic E-state index is 13.5. The Morgan fingerprint density at radius 3 is 2.42 bits per heavy atom. The molecule has 3 aromatic rings. The molecule has 8 heteroatoms. The lowest BCUT2D eigenvalue weighted by Gasteiger charge is -2.31. The van der Waals surface area contributed by atoms with Gasteiger partial charge in [-0.05, 0) is 56.2 Å². The van der Waals surface area contributed by atoms with E-state index in [1.165, 1.54) is 17.2 Å². The summed E-state index contributed by atoms with van der Waals surface area (Å²) in [6.07, 6.45) is 5.34. The lowest BCUT2D eigenvalue weighted by atomic mass is 10.1. The Bertz CT molecular complexity index is 1080. The Labute approximate surface area is 191 Å². The van der Waals surface area contributed by atoms with Gasteiger partial charge in [-0.25, -0.2) is 0 Å². The third kappa shape index (κ3) is 5.34. The molecule has 3 amide bonds. The van der Waals surface area contributed by atoms with Crippen molar-refractivity contribution in [2.45, 2.75) is 44.7 Å². The number of carbonyl (C=O) groups excluding carboxylic acids is 3. The first-order valence-electron chi connectivity index (χ1n) is 11.1. The first-order chi connectivity index (χ1) is 16.0. The van der Waals surface area contributed by atoms with Gasteiger partial charge in [-0.2, -0.15) is 0 Å². The molecule has 1 atom stereocenters. The normalized spacial score (nSPS) is 14.6. The minimum absolute atomic E-state index is 0.0717. The summed E-state index contributed by atoms with van der Waals surface area (Å²) in [5.41, 5.74) is 0.523. The van der Waals surface area contributed by atoms with Gasteiger partial charge in [0.15, 0.2) is 11.8 Å². The Hall–Kier alpha value is -3.81. The zero-order chi connectivity index (χ0) is 23.2. The SMILES string of the molecule is Cc1ccc([C@@H](C(=O)NC2CCCC2)N(C(=O)CNC(=O)c2ccco2)c2ccccc2)o1. The molecule has 4 rings (SSSR count). The van der Waals surface area contributed by atoms with Crippen LogP contribution in [-0.4, -0.2) is 30.3 Å². The Kier molecular flexibility index (Phi) is 6.92. The number of benzene rings is 1. The van der Waals surface area contributed by atoms with Gasteiger partial charge >= 0.3 is 0 Å². The van der Waals surface area contributed by atoms with E-state index in [0.717, 1.165) is 25.7 Å². The Morgan fingerprint density at radius 1 is 1.03 bits per heavy atom. The van der Waals surface area contributed by atoms with E-state index in [1.54, 1.807) is 49.4 Å². The van der Waals surface area contributed by atoms with Gasteiger partial charge in [-0.1, -0.05) is 31.0 Å². The fraction of sp³-hybridized carbons (Fsp3) is 0.320. The number of carbonyl (C=O) groups is 3. The molecule has 0 unspecified atom stereocenters. The van der Waals surface area contributed by atoms with Crippen molar-refractivity contribution < 1.29 is 23.2 Å². The highest BCUT2D eigenvalue weighted by atomic mass is 16.3. The predicted molar refractivity (Wildman–Crippen MR) is 122 cm³/mol. The number of nitrogens with one attached hydrogen (secondary N) is 2. The lowest BCUT2D eigenvalue weighted by molar-refractivity contribution is -0.127. The van der Waals surface area contributed by atoms with Gasteiger partial charge in [0.1, 0.15) is 11.5 Å². The van der Waals surface area contributed by atoms with Crippen LogP contribution in [0.5, 0.6) is 0 Å². The maximum absolute atomic E-state index is 13.5. The molecule has 1 aromatic carbocycles. The van der Waals surface area contributed by atoms with Crippen LogP contribution in [0.3, 0.4) is 0 Å². The fourth-order valence-corrected chi connectivity index (χ4v) is 4.09. The zero-order valence-electron chi connectivity index (χ0n) is 18.5. The molecule has 1 aliphatic rings. The van der Waals surface area contributed by atoms with Gasteiger partial charge in [0.05, 0.1) is 12.8 Å².